The van der Waals surface area contributed by atoms with Crippen molar-refractivity contribution in [2.45, 2.75) is 104 Å². The van der Waals surface area contributed by atoms with Crippen LogP contribution in [0.3, 0.4) is 0 Å². The van der Waals surface area contributed by atoms with E-state index in [-0.39, 0.29) is 0 Å². The molecule has 172 valence electrons. The van der Waals surface area contributed by atoms with Crippen LogP contribution in [0.15, 0.2) is 36.4 Å². The van der Waals surface area contributed by atoms with Gasteiger partial charge in [0.05, 0.1) is 0 Å². The predicted octanol–water partition coefficient (Wildman–Crippen LogP) is 8.52. The van der Waals surface area contributed by atoms with Crippen molar-refractivity contribution in [3.8, 4) is 0 Å². The molecule has 0 saturated heterocycles. The van der Waals surface area contributed by atoms with Crippen molar-refractivity contribution in [2.24, 2.45) is 11.8 Å². The summed E-state index contributed by atoms with van der Waals surface area (Å²) in [5, 5.41) is 0. The molecule has 32 heavy (non-hydrogen) atoms. The summed E-state index contributed by atoms with van der Waals surface area (Å²) in [6, 6.07) is 13.9. The van der Waals surface area contributed by atoms with Gasteiger partial charge in [0, 0.05) is 12.8 Å². The largest absolute Gasteiger partial charge is 0.300 e. The number of rotatable bonds is 8. The van der Waals surface area contributed by atoms with Gasteiger partial charge in [-0.05, 0) is 88.2 Å². The van der Waals surface area contributed by atoms with Gasteiger partial charge in [-0.1, -0.05) is 84.3 Å². The first-order valence-electron chi connectivity index (χ1n) is 13.1. The average molecular weight is 431 g/mol. The fourth-order valence-corrected chi connectivity index (χ4v) is 6.85. The summed E-state index contributed by atoms with van der Waals surface area (Å²) < 4.78 is 0. The highest BCUT2D eigenvalue weighted by molar-refractivity contribution is 5.80. The molecule has 0 aliphatic heterocycles. The SMILES string of the molecule is Cc1cc(C)cc([C@@H](CC(=O)C[C@@H](c2cc(C)cc(C)c2)C2CCCC2)C2CCCC2)c1. The number of hydrogen-bond acceptors (Lipinski definition) is 1. The Morgan fingerprint density at radius 1 is 0.625 bits per heavy atom. The van der Waals surface area contributed by atoms with E-state index in [4.69, 9.17) is 0 Å². The van der Waals surface area contributed by atoms with Crippen molar-refractivity contribution in [2.75, 3.05) is 0 Å². The minimum Gasteiger partial charge on any atom is -0.300 e. The molecule has 0 amide bonds. The van der Waals surface area contributed by atoms with E-state index in [0.29, 0.717) is 29.5 Å². The third-order valence-corrected chi connectivity index (χ3v) is 8.18. The maximum Gasteiger partial charge on any atom is 0.134 e. The van der Waals surface area contributed by atoms with Crippen LogP contribution in [0.4, 0.5) is 0 Å². The molecule has 0 aromatic heterocycles. The Hall–Kier alpha value is -1.89. The first-order valence-corrected chi connectivity index (χ1v) is 13.1. The van der Waals surface area contributed by atoms with Crippen molar-refractivity contribution in [3.05, 3.63) is 69.8 Å². The lowest BCUT2D eigenvalue weighted by Gasteiger charge is -2.27. The molecule has 1 nitrogen and oxygen atoms in total. The molecule has 2 aromatic carbocycles. The van der Waals surface area contributed by atoms with Gasteiger partial charge in [0.2, 0.25) is 0 Å². The van der Waals surface area contributed by atoms with E-state index in [9.17, 15) is 4.79 Å². The summed E-state index contributed by atoms with van der Waals surface area (Å²) in [5.74, 6) is 2.62. The van der Waals surface area contributed by atoms with Crippen molar-refractivity contribution in [3.63, 3.8) is 0 Å². The van der Waals surface area contributed by atoms with Gasteiger partial charge in [-0.15, -0.1) is 0 Å². The molecular weight excluding hydrogens is 388 g/mol. The topological polar surface area (TPSA) is 17.1 Å². The monoisotopic (exact) mass is 430 g/mol. The van der Waals surface area contributed by atoms with Gasteiger partial charge >= 0.3 is 0 Å². The predicted molar refractivity (Wildman–Crippen MR) is 135 cm³/mol. The van der Waals surface area contributed by atoms with Crippen LogP contribution in [0.25, 0.3) is 0 Å². The Balaban J connectivity index is 1.57. The second kappa shape index (κ2) is 10.4. The fraction of sp³-hybridized carbons (Fsp3) is 0.581. The first-order chi connectivity index (χ1) is 15.4. The Labute approximate surface area is 196 Å². The maximum atomic E-state index is 13.7. The molecule has 2 aromatic rings. The Bertz CT molecular complexity index is 811. The lowest BCUT2D eigenvalue weighted by molar-refractivity contribution is -0.120. The Morgan fingerprint density at radius 3 is 1.25 bits per heavy atom. The van der Waals surface area contributed by atoms with Crippen LogP contribution in [0.2, 0.25) is 0 Å². The molecule has 0 N–H and O–H groups in total. The van der Waals surface area contributed by atoms with E-state index >= 15 is 0 Å². The van der Waals surface area contributed by atoms with Crippen LogP contribution < -0.4 is 0 Å². The van der Waals surface area contributed by atoms with Crippen LogP contribution in [-0.2, 0) is 4.79 Å². The van der Waals surface area contributed by atoms with Crippen LogP contribution in [-0.4, -0.2) is 5.78 Å². The molecule has 0 spiro atoms. The number of carbonyl (C=O) groups excluding carboxylic acids is 1. The molecular formula is C31H42O. The van der Waals surface area contributed by atoms with Crippen molar-refractivity contribution in [1.29, 1.82) is 0 Å². The summed E-state index contributed by atoms with van der Waals surface area (Å²) in [6.45, 7) is 8.78. The first kappa shape index (κ1) is 23.3. The van der Waals surface area contributed by atoms with E-state index in [0.717, 1.165) is 12.8 Å². The van der Waals surface area contributed by atoms with Gasteiger partial charge in [0.15, 0.2) is 0 Å². The molecule has 2 aliphatic carbocycles. The molecule has 4 rings (SSSR count). The van der Waals surface area contributed by atoms with Crippen LogP contribution >= 0.6 is 0 Å². The van der Waals surface area contributed by atoms with Gasteiger partial charge in [0.1, 0.15) is 5.78 Å². The molecule has 2 atom stereocenters. The molecule has 2 fully saturated rings. The normalized spacial score (nSPS) is 19.4. The smallest absolute Gasteiger partial charge is 0.134 e. The van der Waals surface area contributed by atoms with E-state index in [1.165, 1.54) is 84.7 Å². The van der Waals surface area contributed by atoms with Gasteiger partial charge < -0.3 is 0 Å². The zero-order valence-electron chi connectivity index (χ0n) is 20.8. The van der Waals surface area contributed by atoms with Crippen molar-refractivity contribution >= 4 is 5.78 Å². The van der Waals surface area contributed by atoms with Gasteiger partial charge in [-0.25, -0.2) is 0 Å². The standard InChI is InChI=1S/C31H42O/c1-21-13-22(2)16-27(15-21)30(25-9-5-6-10-25)19-29(32)20-31(26-11-7-8-12-26)28-17-23(3)14-24(4)18-28/h13-18,25-26,30-31H,5-12,19-20H2,1-4H3/t30-,31+. The number of carbonyl (C=O) groups is 1. The number of hydrogen-bond donors (Lipinski definition) is 0. The zero-order valence-corrected chi connectivity index (χ0v) is 20.8. The molecule has 0 unspecified atom stereocenters. The summed E-state index contributed by atoms with van der Waals surface area (Å²) in [5.41, 5.74) is 8.13. The Kier molecular flexibility index (Phi) is 7.54. The van der Waals surface area contributed by atoms with Crippen molar-refractivity contribution < 1.29 is 4.79 Å². The van der Waals surface area contributed by atoms with Gasteiger partial charge in [-0.3, -0.25) is 4.79 Å². The summed E-state index contributed by atoms with van der Waals surface area (Å²) in [7, 11) is 0. The molecule has 0 heterocycles. The van der Waals surface area contributed by atoms with E-state index in [1.54, 1.807) is 0 Å². The quantitative estimate of drug-likeness (QED) is 0.410. The van der Waals surface area contributed by atoms with E-state index < -0.39 is 0 Å². The van der Waals surface area contributed by atoms with Gasteiger partial charge in [-0.2, -0.15) is 0 Å². The van der Waals surface area contributed by atoms with Crippen molar-refractivity contribution in [1.82, 2.24) is 0 Å². The highest BCUT2D eigenvalue weighted by atomic mass is 16.1. The molecule has 0 radical (unpaired) electrons. The minimum atomic E-state index is 0.395. The van der Waals surface area contributed by atoms with Gasteiger partial charge in [0.25, 0.3) is 0 Å². The second-order valence-electron chi connectivity index (χ2n) is 11.1. The Morgan fingerprint density at radius 2 is 0.938 bits per heavy atom. The molecule has 1 heteroatoms. The summed E-state index contributed by atoms with van der Waals surface area (Å²) in [4.78, 5) is 13.7. The third-order valence-electron chi connectivity index (χ3n) is 8.18. The van der Waals surface area contributed by atoms with E-state index in [2.05, 4.69) is 64.1 Å². The van der Waals surface area contributed by atoms with Crippen LogP contribution in [0.5, 0.6) is 0 Å². The highest BCUT2D eigenvalue weighted by Crippen LogP contribution is 2.43. The molecule has 0 bridgehead atoms. The third kappa shape index (κ3) is 5.72. The lowest BCUT2D eigenvalue weighted by atomic mass is 9.76. The van der Waals surface area contributed by atoms with Crippen LogP contribution in [0, 0.1) is 39.5 Å². The average Bonchev–Trinajstić information content (AvgIpc) is 3.43. The van der Waals surface area contributed by atoms with E-state index in [1.807, 2.05) is 0 Å². The number of Topliss-reactive ketones (excluding diaryl/α,β-unsaturated/α-hetero) is 1. The fourth-order valence-electron chi connectivity index (χ4n) is 6.85. The second-order valence-corrected chi connectivity index (χ2v) is 11.1. The highest BCUT2D eigenvalue weighted by Gasteiger charge is 2.32. The molecule has 2 aliphatic rings. The van der Waals surface area contributed by atoms with Crippen LogP contribution in [0.1, 0.15) is 109 Å². The number of aryl methyl sites for hydroxylation is 4. The molecule has 2 saturated carbocycles. The summed E-state index contributed by atoms with van der Waals surface area (Å²) in [6.07, 6.45) is 11.9. The number of benzene rings is 2. The maximum absolute atomic E-state index is 13.7. The summed E-state index contributed by atoms with van der Waals surface area (Å²) >= 11 is 0. The number of ketones is 1. The minimum absolute atomic E-state index is 0.395. The zero-order chi connectivity index (χ0) is 22.7. The lowest BCUT2D eigenvalue weighted by Crippen LogP contribution is -2.19.